The number of nitrogens with zero attached hydrogens (tertiary/aromatic N) is 5. The molecule has 2 saturated heterocycles. The van der Waals surface area contributed by atoms with Gasteiger partial charge in [-0.3, -0.25) is 4.90 Å². The Balaban J connectivity index is 1.61. The molecule has 2 unspecified atom stereocenters. The SMILES string of the molecule is Cn1nnc(CN2CC3CNCC3C2)n1. The van der Waals surface area contributed by atoms with E-state index in [1.165, 1.54) is 31.0 Å². The van der Waals surface area contributed by atoms with Crippen molar-refractivity contribution in [3.63, 3.8) is 0 Å². The lowest BCUT2D eigenvalue weighted by molar-refractivity contribution is 0.297. The van der Waals surface area contributed by atoms with Gasteiger partial charge in [0.2, 0.25) is 0 Å². The normalized spacial score (nSPS) is 31.0. The van der Waals surface area contributed by atoms with Gasteiger partial charge >= 0.3 is 0 Å². The number of tetrazole rings is 1. The summed E-state index contributed by atoms with van der Waals surface area (Å²) >= 11 is 0. The highest BCUT2D eigenvalue weighted by Gasteiger charge is 2.36. The Labute approximate surface area is 88.6 Å². The minimum absolute atomic E-state index is 0.835. The molecule has 0 aliphatic carbocycles. The Kier molecular flexibility index (Phi) is 2.17. The van der Waals surface area contributed by atoms with Crippen LogP contribution in [0.25, 0.3) is 0 Å². The number of nitrogens with one attached hydrogen (secondary N) is 1. The van der Waals surface area contributed by atoms with Gasteiger partial charge in [-0.2, -0.15) is 4.80 Å². The van der Waals surface area contributed by atoms with Crippen LogP contribution in [0.3, 0.4) is 0 Å². The van der Waals surface area contributed by atoms with Crippen molar-refractivity contribution in [3.05, 3.63) is 5.82 Å². The largest absolute Gasteiger partial charge is 0.316 e. The van der Waals surface area contributed by atoms with E-state index in [2.05, 4.69) is 25.6 Å². The molecular formula is C9H16N6. The summed E-state index contributed by atoms with van der Waals surface area (Å²) in [5.74, 6) is 2.51. The second-order valence-corrected chi connectivity index (χ2v) is 4.57. The molecule has 0 spiro atoms. The molecule has 1 aromatic heterocycles. The Bertz CT molecular complexity index is 336. The van der Waals surface area contributed by atoms with Gasteiger partial charge in [-0.15, -0.1) is 10.2 Å². The van der Waals surface area contributed by atoms with Crippen molar-refractivity contribution in [2.24, 2.45) is 18.9 Å². The molecular weight excluding hydrogens is 192 g/mol. The van der Waals surface area contributed by atoms with Gasteiger partial charge in [0.1, 0.15) is 0 Å². The highest BCUT2D eigenvalue weighted by atomic mass is 15.6. The van der Waals surface area contributed by atoms with Crippen molar-refractivity contribution in [1.82, 2.24) is 30.4 Å². The van der Waals surface area contributed by atoms with E-state index in [0.29, 0.717) is 0 Å². The van der Waals surface area contributed by atoms with Crippen LogP contribution in [-0.2, 0) is 13.6 Å². The second kappa shape index (κ2) is 3.53. The summed E-state index contributed by atoms with van der Waals surface area (Å²) < 4.78 is 0. The molecule has 3 heterocycles. The predicted octanol–water partition coefficient (Wildman–Crippen LogP) is -1.14. The topological polar surface area (TPSA) is 58.9 Å². The first-order valence-electron chi connectivity index (χ1n) is 5.47. The van der Waals surface area contributed by atoms with Gasteiger partial charge in [0.25, 0.3) is 0 Å². The van der Waals surface area contributed by atoms with E-state index in [1.807, 2.05) is 0 Å². The lowest BCUT2D eigenvalue weighted by Gasteiger charge is -2.13. The molecule has 82 valence electrons. The summed E-state index contributed by atoms with van der Waals surface area (Å²) in [4.78, 5) is 3.96. The Morgan fingerprint density at radius 1 is 1.33 bits per heavy atom. The van der Waals surface area contributed by atoms with Crippen LogP contribution >= 0.6 is 0 Å². The maximum absolute atomic E-state index is 4.21. The summed E-state index contributed by atoms with van der Waals surface area (Å²) in [7, 11) is 1.80. The van der Waals surface area contributed by atoms with Crippen LogP contribution in [0.1, 0.15) is 5.82 Å². The highest BCUT2D eigenvalue weighted by molar-refractivity contribution is 4.92. The van der Waals surface area contributed by atoms with E-state index < -0.39 is 0 Å². The fourth-order valence-electron chi connectivity index (χ4n) is 2.67. The smallest absolute Gasteiger partial charge is 0.188 e. The van der Waals surface area contributed by atoms with Crippen molar-refractivity contribution >= 4 is 0 Å². The summed E-state index contributed by atoms with van der Waals surface area (Å²) in [5.41, 5.74) is 0. The monoisotopic (exact) mass is 208 g/mol. The lowest BCUT2D eigenvalue weighted by atomic mass is 10.0. The van der Waals surface area contributed by atoms with Gasteiger partial charge in [0, 0.05) is 13.1 Å². The summed E-state index contributed by atoms with van der Waals surface area (Å²) in [5, 5.41) is 15.5. The van der Waals surface area contributed by atoms with Gasteiger partial charge in [-0.05, 0) is 30.1 Å². The first-order valence-corrected chi connectivity index (χ1v) is 5.47. The third-order valence-electron chi connectivity index (χ3n) is 3.38. The lowest BCUT2D eigenvalue weighted by Crippen LogP contribution is -2.25. The molecule has 0 bridgehead atoms. The zero-order chi connectivity index (χ0) is 10.3. The van der Waals surface area contributed by atoms with Crippen molar-refractivity contribution in [2.75, 3.05) is 26.2 Å². The van der Waals surface area contributed by atoms with Crippen molar-refractivity contribution in [1.29, 1.82) is 0 Å². The molecule has 0 radical (unpaired) electrons. The molecule has 0 aromatic carbocycles. The molecule has 6 nitrogen and oxygen atoms in total. The first-order chi connectivity index (χ1) is 7.31. The first kappa shape index (κ1) is 9.23. The molecule has 0 saturated carbocycles. The van der Waals surface area contributed by atoms with Crippen LogP contribution < -0.4 is 5.32 Å². The van der Waals surface area contributed by atoms with Gasteiger partial charge in [-0.1, -0.05) is 0 Å². The van der Waals surface area contributed by atoms with E-state index in [0.717, 1.165) is 24.2 Å². The molecule has 2 atom stereocenters. The highest BCUT2D eigenvalue weighted by Crippen LogP contribution is 2.26. The number of fused-ring (bicyclic) bond motifs is 1. The van der Waals surface area contributed by atoms with Crippen molar-refractivity contribution < 1.29 is 0 Å². The maximum Gasteiger partial charge on any atom is 0.188 e. The fourth-order valence-corrected chi connectivity index (χ4v) is 2.67. The van der Waals surface area contributed by atoms with E-state index in [9.17, 15) is 0 Å². The molecule has 6 heteroatoms. The number of rotatable bonds is 2. The van der Waals surface area contributed by atoms with E-state index in [-0.39, 0.29) is 0 Å². The van der Waals surface area contributed by atoms with E-state index in [4.69, 9.17) is 0 Å². The molecule has 2 fully saturated rings. The Hall–Kier alpha value is -1.01. The maximum atomic E-state index is 4.21. The summed E-state index contributed by atoms with van der Waals surface area (Å²) in [6.07, 6.45) is 0. The fraction of sp³-hybridized carbons (Fsp3) is 0.889. The molecule has 2 aliphatic rings. The zero-order valence-corrected chi connectivity index (χ0v) is 8.93. The average Bonchev–Trinajstić information content (AvgIpc) is 2.81. The average molecular weight is 208 g/mol. The summed E-state index contributed by atoms with van der Waals surface area (Å²) in [6, 6.07) is 0. The minimum Gasteiger partial charge on any atom is -0.316 e. The number of likely N-dealkylation sites (tertiary alicyclic amines) is 1. The minimum atomic E-state index is 0.835. The number of aromatic nitrogens is 4. The quantitative estimate of drug-likeness (QED) is 0.666. The van der Waals surface area contributed by atoms with Crippen LogP contribution in [0.5, 0.6) is 0 Å². The molecule has 15 heavy (non-hydrogen) atoms. The third-order valence-corrected chi connectivity index (χ3v) is 3.38. The third kappa shape index (κ3) is 1.74. The van der Waals surface area contributed by atoms with E-state index >= 15 is 0 Å². The summed E-state index contributed by atoms with van der Waals surface area (Å²) in [6.45, 7) is 5.55. The Morgan fingerprint density at radius 2 is 2.07 bits per heavy atom. The van der Waals surface area contributed by atoms with Crippen LogP contribution in [-0.4, -0.2) is 51.3 Å². The molecule has 1 N–H and O–H groups in total. The van der Waals surface area contributed by atoms with Crippen LogP contribution in [0, 0.1) is 11.8 Å². The number of hydrogen-bond acceptors (Lipinski definition) is 5. The van der Waals surface area contributed by atoms with Gasteiger partial charge < -0.3 is 5.32 Å². The van der Waals surface area contributed by atoms with Gasteiger partial charge in [0.15, 0.2) is 5.82 Å². The van der Waals surface area contributed by atoms with Crippen LogP contribution in [0.15, 0.2) is 0 Å². The molecule has 0 amide bonds. The van der Waals surface area contributed by atoms with Gasteiger partial charge in [0.05, 0.1) is 13.6 Å². The van der Waals surface area contributed by atoms with Gasteiger partial charge in [-0.25, -0.2) is 0 Å². The molecule has 2 aliphatic heterocycles. The van der Waals surface area contributed by atoms with Crippen LogP contribution in [0.4, 0.5) is 0 Å². The van der Waals surface area contributed by atoms with E-state index in [1.54, 1.807) is 7.05 Å². The zero-order valence-electron chi connectivity index (χ0n) is 8.93. The Morgan fingerprint density at radius 3 is 2.67 bits per heavy atom. The molecule has 3 rings (SSSR count). The number of aryl methyl sites for hydroxylation is 1. The van der Waals surface area contributed by atoms with Crippen molar-refractivity contribution in [2.45, 2.75) is 6.54 Å². The molecule has 1 aromatic rings. The predicted molar refractivity (Wildman–Crippen MR) is 53.9 cm³/mol. The van der Waals surface area contributed by atoms with Crippen molar-refractivity contribution in [3.8, 4) is 0 Å². The van der Waals surface area contributed by atoms with Crippen LogP contribution in [0.2, 0.25) is 0 Å². The number of hydrogen-bond donors (Lipinski definition) is 1. The second-order valence-electron chi connectivity index (χ2n) is 4.57. The standard InChI is InChI=1S/C9H16N6/c1-14-12-9(11-13-14)6-15-4-7-2-10-3-8(7)5-15/h7-8,10H,2-6H2,1H3.